The molecule has 284 valence electrons. The van der Waals surface area contributed by atoms with E-state index in [0.29, 0.717) is 13.0 Å². The maximum Gasteiger partial charge on any atom is 0.303 e. The molecular formula is C42H87NO4. The maximum absolute atomic E-state index is 10.3. The molecule has 5 nitrogen and oxygen atoms in total. The highest BCUT2D eigenvalue weighted by molar-refractivity contribution is 5.66. The topological polar surface area (TPSA) is 89.8 Å². The summed E-state index contributed by atoms with van der Waals surface area (Å²) in [6, 6.07) is 0.165. The Bertz CT molecular complexity index is 559. The largest absolute Gasteiger partial charge is 0.481 e. The zero-order valence-electron chi connectivity index (χ0n) is 32.2. The molecule has 0 fully saturated rings. The van der Waals surface area contributed by atoms with E-state index in [1.807, 2.05) is 0 Å². The predicted octanol–water partition coefficient (Wildman–Crippen LogP) is 12.7. The second kappa shape index (κ2) is 45.3. The summed E-state index contributed by atoms with van der Waals surface area (Å²) in [6.45, 7) is 5.47. The predicted molar refractivity (Wildman–Crippen MR) is 207 cm³/mol. The molecule has 0 aliphatic rings. The first-order valence-electron chi connectivity index (χ1n) is 21.3. The van der Waals surface area contributed by atoms with E-state index in [9.17, 15) is 9.90 Å². The van der Waals surface area contributed by atoms with Gasteiger partial charge in [-0.1, -0.05) is 219 Å². The van der Waals surface area contributed by atoms with Crippen molar-refractivity contribution < 1.29 is 20.1 Å². The van der Waals surface area contributed by atoms with Crippen molar-refractivity contribution in [1.82, 2.24) is 5.32 Å². The Balaban J connectivity index is 0. The van der Waals surface area contributed by atoms with Crippen LogP contribution in [-0.2, 0) is 4.79 Å². The minimum absolute atomic E-state index is 0.149. The molecule has 0 radical (unpaired) electrons. The van der Waals surface area contributed by atoms with Crippen LogP contribution in [0.25, 0.3) is 0 Å². The van der Waals surface area contributed by atoms with Crippen LogP contribution < -0.4 is 5.32 Å². The number of aliphatic hydroxyl groups excluding tert-OH is 2. The van der Waals surface area contributed by atoms with Gasteiger partial charge in [-0.3, -0.25) is 4.79 Å². The third-order valence-corrected chi connectivity index (χ3v) is 9.67. The summed E-state index contributed by atoms with van der Waals surface area (Å²) in [5, 5.41) is 29.7. The first-order chi connectivity index (χ1) is 23.1. The lowest BCUT2D eigenvalue weighted by Gasteiger charge is -2.15. The van der Waals surface area contributed by atoms with Crippen LogP contribution in [0.15, 0.2) is 0 Å². The summed E-state index contributed by atoms with van der Waals surface area (Å²) in [5.74, 6) is -0.655. The van der Waals surface area contributed by atoms with Gasteiger partial charge in [0.05, 0.1) is 13.2 Å². The molecule has 0 aliphatic heterocycles. The molecule has 0 heterocycles. The number of carboxylic acids is 1. The number of aliphatic hydroxyl groups is 2. The van der Waals surface area contributed by atoms with E-state index in [-0.39, 0.29) is 19.3 Å². The summed E-state index contributed by atoms with van der Waals surface area (Å²) in [6.07, 6.45) is 46.5. The van der Waals surface area contributed by atoms with Gasteiger partial charge in [0.1, 0.15) is 0 Å². The van der Waals surface area contributed by atoms with Crippen molar-refractivity contribution in [2.24, 2.45) is 0 Å². The van der Waals surface area contributed by atoms with Crippen LogP contribution in [0, 0.1) is 0 Å². The van der Waals surface area contributed by atoms with Crippen LogP contribution in [0.2, 0.25) is 0 Å². The van der Waals surface area contributed by atoms with Crippen molar-refractivity contribution in [3.8, 4) is 0 Å². The fraction of sp³-hybridized carbons (Fsp3) is 0.976. The lowest BCUT2D eigenvalue weighted by molar-refractivity contribution is -0.137. The number of hydrogen-bond donors (Lipinski definition) is 4. The zero-order valence-corrected chi connectivity index (χ0v) is 32.2. The molecule has 1 unspecified atom stereocenters. The number of carboxylic acid groups (broad SMARTS) is 1. The lowest BCUT2D eigenvalue weighted by atomic mass is 10.0. The van der Waals surface area contributed by atoms with E-state index in [1.165, 1.54) is 199 Å². The summed E-state index contributed by atoms with van der Waals surface area (Å²) in [5.41, 5.74) is 0. The molecule has 47 heavy (non-hydrogen) atoms. The van der Waals surface area contributed by atoms with E-state index >= 15 is 0 Å². The molecule has 0 rings (SSSR count). The van der Waals surface area contributed by atoms with Gasteiger partial charge in [-0.25, -0.2) is 0 Å². The standard InChI is InChI=1S/C26H55NO2.C16H32O2/c1-2-3-4-5-6-7-8-9-10-11-12-13-14-15-16-17-18-19-20-21-22-26(25-29)27-23-24-28;1-2-3-4-5-6-7-8-9-10-11-12-13-14-15-16(17)18/h26-29H,2-25H2,1H3;2-15H2,1H3,(H,17,18). The molecule has 0 aliphatic carbocycles. The third kappa shape index (κ3) is 47.5. The Labute approximate surface area is 295 Å². The second-order valence-electron chi connectivity index (χ2n) is 14.4. The van der Waals surface area contributed by atoms with Crippen molar-refractivity contribution in [2.45, 2.75) is 245 Å². The van der Waals surface area contributed by atoms with Gasteiger partial charge in [0.25, 0.3) is 0 Å². The van der Waals surface area contributed by atoms with Crippen LogP contribution >= 0.6 is 0 Å². The summed E-state index contributed by atoms with van der Waals surface area (Å²) < 4.78 is 0. The molecule has 0 spiro atoms. The van der Waals surface area contributed by atoms with Gasteiger partial charge in [0.15, 0.2) is 0 Å². The van der Waals surface area contributed by atoms with Crippen molar-refractivity contribution >= 4 is 5.97 Å². The van der Waals surface area contributed by atoms with Crippen molar-refractivity contribution in [3.63, 3.8) is 0 Å². The quantitative estimate of drug-likeness (QED) is 0.0489. The Morgan fingerprint density at radius 2 is 0.723 bits per heavy atom. The monoisotopic (exact) mass is 670 g/mol. The van der Waals surface area contributed by atoms with Crippen LogP contribution in [-0.4, -0.2) is 47.1 Å². The van der Waals surface area contributed by atoms with Gasteiger partial charge in [0.2, 0.25) is 0 Å². The first kappa shape index (κ1) is 48.5. The molecular weight excluding hydrogens is 582 g/mol. The molecule has 0 bridgehead atoms. The van der Waals surface area contributed by atoms with Gasteiger partial charge >= 0.3 is 5.97 Å². The minimum Gasteiger partial charge on any atom is -0.481 e. The molecule has 0 saturated heterocycles. The molecule has 0 aromatic heterocycles. The van der Waals surface area contributed by atoms with E-state index in [2.05, 4.69) is 19.2 Å². The van der Waals surface area contributed by atoms with Gasteiger partial charge in [0, 0.05) is 19.0 Å². The number of unbranched alkanes of at least 4 members (excludes halogenated alkanes) is 31. The molecule has 0 saturated carbocycles. The SMILES string of the molecule is CCCCCCCCCCCCCCCC(=O)O.CCCCCCCCCCCCCCCCCCCCCCC(CO)NCCO. The van der Waals surface area contributed by atoms with E-state index in [4.69, 9.17) is 10.2 Å². The number of aliphatic carboxylic acids is 1. The Morgan fingerprint density at radius 3 is 0.979 bits per heavy atom. The molecule has 0 aromatic rings. The second-order valence-corrected chi connectivity index (χ2v) is 14.4. The zero-order chi connectivity index (χ0) is 34.7. The Hall–Kier alpha value is -0.650. The Kier molecular flexibility index (Phi) is 46.8. The van der Waals surface area contributed by atoms with Crippen LogP contribution in [0.5, 0.6) is 0 Å². The lowest BCUT2D eigenvalue weighted by Crippen LogP contribution is -2.34. The molecule has 0 aromatic carbocycles. The average Bonchev–Trinajstić information content (AvgIpc) is 3.07. The highest BCUT2D eigenvalue weighted by Gasteiger charge is 2.05. The van der Waals surface area contributed by atoms with E-state index in [1.54, 1.807) is 0 Å². The molecule has 5 heteroatoms. The van der Waals surface area contributed by atoms with Crippen molar-refractivity contribution in [1.29, 1.82) is 0 Å². The fourth-order valence-corrected chi connectivity index (χ4v) is 6.47. The maximum atomic E-state index is 10.3. The van der Waals surface area contributed by atoms with Gasteiger partial charge in [-0.05, 0) is 12.8 Å². The minimum atomic E-state index is -0.655. The van der Waals surface area contributed by atoms with Gasteiger partial charge in [-0.15, -0.1) is 0 Å². The number of hydrogen-bond acceptors (Lipinski definition) is 4. The smallest absolute Gasteiger partial charge is 0.303 e. The summed E-state index contributed by atoms with van der Waals surface area (Å²) in [4.78, 5) is 10.3. The van der Waals surface area contributed by atoms with E-state index in [0.717, 1.165) is 19.3 Å². The summed E-state index contributed by atoms with van der Waals surface area (Å²) in [7, 11) is 0. The highest BCUT2D eigenvalue weighted by Crippen LogP contribution is 2.16. The summed E-state index contributed by atoms with van der Waals surface area (Å²) >= 11 is 0. The third-order valence-electron chi connectivity index (χ3n) is 9.67. The molecule has 4 N–H and O–H groups in total. The number of rotatable bonds is 39. The average molecular weight is 670 g/mol. The molecule has 1 atom stereocenters. The number of carbonyl (C=O) groups is 1. The van der Waals surface area contributed by atoms with Crippen molar-refractivity contribution in [3.05, 3.63) is 0 Å². The van der Waals surface area contributed by atoms with Crippen LogP contribution in [0.4, 0.5) is 0 Å². The number of nitrogens with one attached hydrogen (secondary N) is 1. The Morgan fingerprint density at radius 1 is 0.447 bits per heavy atom. The van der Waals surface area contributed by atoms with Crippen LogP contribution in [0.1, 0.15) is 239 Å². The normalized spacial score (nSPS) is 11.8. The van der Waals surface area contributed by atoms with Crippen LogP contribution in [0.3, 0.4) is 0 Å². The van der Waals surface area contributed by atoms with E-state index < -0.39 is 5.97 Å². The highest BCUT2D eigenvalue weighted by atomic mass is 16.4. The molecule has 0 amide bonds. The fourth-order valence-electron chi connectivity index (χ4n) is 6.47. The first-order valence-corrected chi connectivity index (χ1v) is 21.3. The van der Waals surface area contributed by atoms with Gasteiger partial charge in [-0.2, -0.15) is 0 Å². The van der Waals surface area contributed by atoms with Gasteiger partial charge < -0.3 is 20.6 Å². The van der Waals surface area contributed by atoms with Crippen molar-refractivity contribution in [2.75, 3.05) is 19.8 Å².